The van der Waals surface area contributed by atoms with E-state index in [0.717, 1.165) is 16.9 Å². The number of thiophene rings is 1. The first-order valence-electron chi connectivity index (χ1n) is 7.91. The number of ether oxygens (including phenoxy) is 1. The molecular weight excluding hydrogens is 320 g/mol. The molecule has 1 unspecified atom stereocenters. The van der Waals surface area contributed by atoms with Gasteiger partial charge in [-0.05, 0) is 35.9 Å². The lowest BCUT2D eigenvalue weighted by Crippen LogP contribution is -2.17. The van der Waals surface area contributed by atoms with Gasteiger partial charge in [-0.15, -0.1) is 11.3 Å². The highest BCUT2D eigenvalue weighted by Crippen LogP contribution is 2.29. The molecule has 5 heteroatoms. The number of hydrogen-bond donors (Lipinski definition) is 0. The van der Waals surface area contributed by atoms with Crippen LogP contribution in [0.1, 0.15) is 35.9 Å². The van der Waals surface area contributed by atoms with Crippen molar-refractivity contribution in [2.24, 2.45) is 10.9 Å². The Morgan fingerprint density at radius 3 is 2.62 bits per heavy atom. The highest BCUT2D eigenvalue weighted by Gasteiger charge is 2.19. The average molecular weight is 340 g/mol. The molecule has 2 atom stereocenters. The van der Waals surface area contributed by atoms with Gasteiger partial charge >= 0.3 is 5.97 Å². The molecule has 1 aromatic carbocycles. The lowest BCUT2D eigenvalue weighted by atomic mass is 10.0. The first kappa shape index (κ1) is 17.9. The summed E-state index contributed by atoms with van der Waals surface area (Å²) in [7, 11) is 0. The monoisotopic (exact) mass is 340 g/mol. The van der Waals surface area contributed by atoms with Crippen LogP contribution in [-0.2, 0) is 16.0 Å². The summed E-state index contributed by atoms with van der Waals surface area (Å²) in [6, 6.07) is 13.9. The number of nitrogens with zero attached hydrogens (tertiary/aromatic N) is 2. The Kier molecular flexibility index (Phi) is 6.71. The summed E-state index contributed by atoms with van der Waals surface area (Å²) in [6.07, 6.45) is 2.38. The second kappa shape index (κ2) is 8.99. The normalized spacial score (nSPS) is 13.4. The molecule has 0 saturated heterocycles. The van der Waals surface area contributed by atoms with E-state index < -0.39 is 11.9 Å². The Morgan fingerprint density at radius 2 is 2.08 bits per heavy atom. The van der Waals surface area contributed by atoms with Crippen LogP contribution in [0.25, 0.3) is 0 Å². The molecule has 0 N–H and O–H groups in total. The van der Waals surface area contributed by atoms with Crippen molar-refractivity contribution in [1.82, 2.24) is 0 Å². The van der Waals surface area contributed by atoms with Crippen LogP contribution in [0.5, 0.6) is 0 Å². The fraction of sp³-hybridized carbons (Fsp3) is 0.316. The molecule has 0 bridgehead atoms. The molecule has 0 saturated carbocycles. The summed E-state index contributed by atoms with van der Waals surface area (Å²) >= 11 is 1.60. The highest BCUT2D eigenvalue weighted by atomic mass is 32.1. The van der Waals surface area contributed by atoms with E-state index in [1.165, 1.54) is 11.8 Å². The molecule has 0 aliphatic carbocycles. The van der Waals surface area contributed by atoms with Crippen molar-refractivity contribution in [2.75, 3.05) is 6.61 Å². The third kappa shape index (κ3) is 4.53. The molecule has 2 aromatic rings. The molecule has 2 rings (SSSR count). The summed E-state index contributed by atoms with van der Waals surface area (Å²) in [5.41, 5.74) is 2.29. The van der Waals surface area contributed by atoms with E-state index in [2.05, 4.69) is 24.0 Å². The lowest BCUT2D eigenvalue weighted by Gasteiger charge is -2.12. The summed E-state index contributed by atoms with van der Waals surface area (Å²) in [6.45, 7) is 4.08. The minimum absolute atomic E-state index is 0.221. The SMILES string of the molecule is CCOC(=O)C(C#N)C=N[C@@H](c1ccc(CC)cc1)c1cccs1. The standard InChI is InChI=1S/C19H20N2O2S/c1-3-14-7-9-15(10-8-14)18(17-6-5-11-24-17)21-13-16(12-20)19(22)23-4-2/h5-11,13,16,18H,3-4H2,1-2H3/t16?,18-/m0/s1. The van der Waals surface area contributed by atoms with Crippen molar-refractivity contribution in [3.8, 4) is 6.07 Å². The van der Waals surface area contributed by atoms with Crippen LogP contribution in [0.3, 0.4) is 0 Å². The van der Waals surface area contributed by atoms with Crippen LogP contribution >= 0.6 is 11.3 Å². The van der Waals surface area contributed by atoms with Crippen LogP contribution in [0.2, 0.25) is 0 Å². The number of esters is 1. The number of rotatable bonds is 7. The summed E-state index contributed by atoms with van der Waals surface area (Å²) < 4.78 is 4.90. The van der Waals surface area contributed by atoms with Gasteiger partial charge in [0.15, 0.2) is 5.92 Å². The zero-order valence-electron chi connectivity index (χ0n) is 13.8. The predicted octanol–water partition coefficient (Wildman–Crippen LogP) is 4.17. The van der Waals surface area contributed by atoms with Gasteiger partial charge in [0.1, 0.15) is 6.04 Å². The van der Waals surface area contributed by atoms with Gasteiger partial charge in [0, 0.05) is 11.1 Å². The van der Waals surface area contributed by atoms with Crippen LogP contribution in [-0.4, -0.2) is 18.8 Å². The van der Waals surface area contributed by atoms with Gasteiger partial charge in [0.2, 0.25) is 0 Å². The Morgan fingerprint density at radius 1 is 1.33 bits per heavy atom. The smallest absolute Gasteiger partial charge is 0.328 e. The molecule has 24 heavy (non-hydrogen) atoms. The van der Waals surface area contributed by atoms with Crippen LogP contribution in [0.4, 0.5) is 0 Å². The van der Waals surface area contributed by atoms with E-state index in [4.69, 9.17) is 10.00 Å². The van der Waals surface area contributed by atoms with E-state index in [0.29, 0.717) is 0 Å². The van der Waals surface area contributed by atoms with E-state index >= 15 is 0 Å². The maximum atomic E-state index is 11.8. The van der Waals surface area contributed by atoms with Gasteiger partial charge in [-0.3, -0.25) is 9.79 Å². The zero-order chi connectivity index (χ0) is 17.4. The van der Waals surface area contributed by atoms with Crippen molar-refractivity contribution in [2.45, 2.75) is 26.3 Å². The van der Waals surface area contributed by atoms with Gasteiger partial charge in [0.05, 0.1) is 12.7 Å². The molecular formula is C19H20N2O2S. The van der Waals surface area contributed by atoms with Crippen LogP contribution < -0.4 is 0 Å². The molecule has 0 aliphatic rings. The van der Waals surface area contributed by atoms with E-state index in [9.17, 15) is 4.79 Å². The number of aryl methyl sites for hydroxylation is 1. The molecule has 1 heterocycles. The Labute approximate surface area is 146 Å². The highest BCUT2D eigenvalue weighted by molar-refractivity contribution is 7.10. The van der Waals surface area contributed by atoms with Crippen molar-refractivity contribution in [3.05, 3.63) is 57.8 Å². The van der Waals surface area contributed by atoms with Crippen molar-refractivity contribution < 1.29 is 9.53 Å². The van der Waals surface area contributed by atoms with Gasteiger partial charge in [-0.2, -0.15) is 5.26 Å². The van der Waals surface area contributed by atoms with Crippen LogP contribution in [0.15, 0.2) is 46.8 Å². The third-order valence-corrected chi connectivity index (χ3v) is 4.50. The number of carbonyl (C=O) groups excluding carboxylic acids is 1. The summed E-state index contributed by atoms with van der Waals surface area (Å²) in [5.74, 6) is -1.54. The Balaban J connectivity index is 2.28. The molecule has 0 spiro atoms. The molecule has 0 fully saturated rings. The average Bonchev–Trinajstić information content (AvgIpc) is 3.13. The van der Waals surface area contributed by atoms with Crippen LogP contribution in [0, 0.1) is 17.2 Å². The van der Waals surface area contributed by atoms with Gasteiger partial charge < -0.3 is 4.74 Å². The number of carbonyl (C=O) groups is 1. The van der Waals surface area contributed by atoms with Gasteiger partial charge in [-0.25, -0.2) is 0 Å². The predicted molar refractivity (Wildman–Crippen MR) is 96.2 cm³/mol. The Hall–Kier alpha value is -2.45. The molecule has 1 aromatic heterocycles. The van der Waals surface area contributed by atoms with Gasteiger partial charge in [0.25, 0.3) is 0 Å². The van der Waals surface area contributed by atoms with Gasteiger partial charge in [-0.1, -0.05) is 37.3 Å². The molecule has 4 nitrogen and oxygen atoms in total. The van der Waals surface area contributed by atoms with E-state index in [1.807, 2.05) is 35.7 Å². The number of nitriles is 1. The van der Waals surface area contributed by atoms with Crippen molar-refractivity contribution >= 4 is 23.5 Å². The molecule has 124 valence electrons. The fourth-order valence-corrected chi connectivity index (χ4v) is 3.05. The van der Waals surface area contributed by atoms with E-state index in [-0.39, 0.29) is 12.6 Å². The minimum atomic E-state index is -0.984. The Bertz CT molecular complexity index is 715. The van der Waals surface area contributed by atoms with E-state index in [1.54, 1.807) is 18.3 Å². The number of hydrogen-bond acceptors (Lipinski definition) is 5. The topological polar surface area (TPSA) is 62.5 Å². The maximum absolute atomic E-state index is 11.8. The van der Waals surface area contributed by atoms with Crippen molar-refractivity contribution in [1.29, 1.82) is 5.26 Å². The number of aliphatic imine (C=N–C) groups is 1. The molecule has 0 radical (unpaired) electrons. The summed E-state index contributed by atoms with van der Waals surface area (Å²) in [4.78, 5) is 17.4. The first-order valence-corrected chi connectivity index (χ1v) is 8.79. The quantitative estimate of drug-likeness (QED) is 0.561. The molecule has 0 aliphatic heterocycles. The largest absolute Gasteiger partial charge is 0.465 e. The summed E-state index contributed by atoms with van der Waals surface area (Å²) in [5, 5.41) is 11.2. The third-order valence-electron chi connectivity index (χ3n) is 3.58. The van der Waals surface area contributed by atoms with Crippen molar-refractivity contribution in [3.63, 3.8) is 0 Å². The molecule has 0 amide bonds. The lowest BCUT2D eigenvalue weighted by molar-refractivity contribution is -0.143. The maximum Gasteiger partial charge on any atom is 0.328 e. The fourth-order valence-electron chi connectivity index (χ4n) is 2.26. The first-order chi connectivity index (χ1) is 11.7. The number of benzene rings is 1. The second-order valence-electron chi connectivity index (χ2n) is 5.17. The minimum Gasteiger partial charge on any atom is -0.465 e. The zero-order valence-corrected chi connectivity index (χ0v) is 14.6. The second-order valence-corrected chi connectivity index (χ2v) is 6.15.